The molecule has 0 aliphatic carbocycles. The zero-order valence-corrected chi connectivity index (χ0v) is 20.9. The molecule has 1 heterocycles. The smallest absolute Gasteiger partial charge is 0.139 e. The molecule has 4 heteroatoms. The van der Waals surface area contributed by atoms with E-state index >= 15 is 0 Å². The molecule has 0 saturated carbocycles. The zero-order chi connectivity index (χ0) is 24.6. The van der Waals surface area contributed by atoms with Crippen LogP contribution in [0.5, 0.6) is 0 Å². The third-order valence-corrected chi connectivity index (χ3v) is 5.97. The first-order valence-corrected chi connectivity index (χ1v) is 12.1. The van der Waals surface area contributed by atoms with Crippen LogP contribution in [0.4, 0.5) is 0 Å². The first-order chi connectivity index (χ1) is 17.1. The number of hydrogen-bond acceptors (Lipinski definition) is 4. The second kappa shape index (κ2) is 11.6. The monoisotopic (exact) mass is 467 g/mol. The van der Waals surface area contributed by atoms with Crippen LogP contribution >= 0.6 is 0 Å². The third kappa shape index (κ3) is 6.03. The Morgan fingerprint density at radius 3 is 2.57 bits per heavy atom. The summed E-state index contributed by atoms with van der Waals surface area (Å²) in [6, 6.07) is 22.9. The van der Waals surface area contributed by atoms with Crippen molar-refractivity contribution in [2.45, 2.75) is 40.2 Å². The summed E-state index contributed by atoms with van der Waals surface area (Å²) in [5, 5.41) is 2.31. The summed E-state index contributed by atoms with van der Waals surface area (Å²) in [7, 11) is 0. The fourth-order valence-corrected chi connectivity index (χ4v) is 4.25. The highest BCUT2D eigenvalue weighted by Crippen LogP contribution is 2.33. The Labute approximate surface area is 207 Å². The normalized spacial score (nSPS) is 13.6. The van der Waals surface area contributed by atoms with Gasteiger partial charge >= 0.3 is 0 Å². The quantitative estimate of drug-likeness (QED) is 0.146. The molecule has 0 amide bonds. The van der Waals surface area contributed by atoms with Crippen molar-refractivity contribution in [2.24, 2.45) is 0 Å². The molecule has 1 atom stereocenters. The molecule has 4 rings (SSSR count). The van der Waals surface area contributed by atoms with Crippen LogP contribution in [0.2, 0.25) is 0 Å². The molecule has 3 aromatic carbocycles. The van der Waals surface area contributed by atoms with Crippen molar-refractivity contribution in [3.8, 4) is 0 Å². The second-order valence-corrected chi connectivity index (χ2v) is 8.56. The van der Waals surface area contributed by atoms with Crippen molar-refractivity contribution in [1.82, 2.24) is 5.48 Å². The molecule has 4 aromatic rings. The average molecular weight is 468 g/mol. The Morgan fingerprint density at radius 2 is 1.77 bits per heavy atom. The lowest BCUT2D eigenvalue weighted by atomic mass is 9.98. The van der Waals surface area contributed by atoms with Gasteiger partial charge in [0.05, 0.1) is 6.10 Å². The Morgan fingerprint density at radius 1 is 1.00 bits per heavy atom. The van der Waals surface area contributed by atoms with Crippen LogP contribution < -0.4 is 5.48 Å². The van der Waals surface area contributed by atoms with E-state index in [1.54, 1.807) is 0 Å². The first kappa shape index (κ1) is 24.4. The fraction of sp³-hybridized carbons (Fsp3) is 0.226. The molecule has 1 aromatic heterocycles. The number of hydrogen-bond donors (Lipinski definition) is 1. The van der Waals surface area contributed by atoms with Crippen molar-refractivity contribution in [3.63, 3.8) is 0 Å². The minimum Gasteiger partial charge on any atom is -0.456 e. The summed E-state index contributed by atoms with van der Waals surface area (Å²) in [5.74, 6) is 0.757. The molecule has 1 N–H and O–H groups in total. The topological polar surface area (TPSA) is 43.6 Å². The number of hydroxylamine groups is 1. The van der Waals surface area contributed by atoms with Crippen molar-refractivity contribution >= 4 is 27.5 Å². The van der Waals surface area contributed by atoms with Gasteiger partial charge in [-0.25, -0.2) is 5.48 Å². The van der Waals surface area contributed by atoms with E-state index in [9.17, 15) is 0 Å². The zero-order valence-electron chi connectivity index (χ0n) is 20.9. The van der Waals surface area contributed by atoms with Crippen LogP contribution in [0.25, 0.3) is 27.5 Å². The van der Waals surface area contributed by atoms with Crippen molar-refractivity contribution in [2.75, 3.05) is 6.61 Å². The number of para-hydroxylation sites is 1. The van der Waals surface area contributed by atoms with Gasteiger partial charge in [-0.15, -0.1) is 0 Å². The molecule has 0 aliphatic heterocycles. The number of furan rings is 1. The maximum absolute atomic E-state index is 6.28. The molecule has 0 fully saturated rings. The minimum atomic E-state index is 0.00903. The van der Waals surface area contributed by atoms with E-state index in [0.29, 0.717) is 6.61 Å². The van der Waals surface area contributed by atoms with Gasteiger partial charge in [0.25, 0.3) is 0 Å². The van der Waals surface area contributed by atoms with E-state index < -0.39 is 0 Å². The van der Waals surface area contributed by atoms with Gasteiger partial charge in [0, 0.05) is 29.1 Å². The van der Waals surface area contributed by atoms with Crippen molar-refractivity contribution < 1.29 is 14.0 Å². The summed E-state index contributed by atoms with van der Waals surface area (Å²) >= 11 is 0. The van der Waals surface area contributed by atoms with Gasteiger partial charge in [0.1, 0.15) is 16.9 Å². The average Bonchev–Trinajstić information content (AvgIpc) is 3.24. The number of benzene rings is 3. The second-order valence-electron chi connectivity index (χ2n) is 8.56. The highest BCUT2D eigenvalue weighted by Gasteiger charge is 2.12. The molecular weight excluding hydrogens is 434 g/mol. The van der Waals surface area contributed by atoms with Gasteiger partial charge in [-0.05, 0) is 69.0 Å². The van der Waals surface area contributed by atoms with Crippen LogP contribution in [-0.2, 0) is 16.0 Å². The summed E-state index contributed by atoms with van der Waals surface area (Å²) in [5.41, 5.74) is 9.46. The highest BCUT2D eigenvalue weighted by atomic mass is 16.6. The number of allylic oxidation sites excluding steroid dienone is 4. The Balaban J connectivity index is 1.58. The number of ether oxygens (including phenoxy) is 1. The lowest BCUT2D eigenvalue weighted by Crippen LogP contribution is -2.09. The summed E-state index contributed by atoms with van der Waals surface area (Å²) in [6.45, 7) is 8.69. The van der Waals surface area contributed by atoms with Gasteiger partial charge < -0.3 is 14.0 Å². The molecule has 4 nitrogen and oxygen atoms in total. The van der Waals surface area contributed by atoms with Gasteiger partial charge in [0.2, 0.25) is 0 Å². The molecule has 0 radical (unpaired) electrons. The number of nitrogens with one attached hydrogen (secondary N) is 1. The molecule has 0 aliphatic rings. The van der Waals surface area contributed by atoms with Crippen molar-refractivity contribution in [1.29, 1.82) is 0 Å². The van der Waals surface area contributed by atoms with Crippen LogP contribution in [0.1, 0.15) is 37.5 Å². The largest absolute Gasteiger partial charge is 0.456 e. The predicted octanol–water partition coefficient (Wildman–Crippen LogP) is 7.88. The molecule has 180 valence electrons. The van der Waals surface area contributed by atoms with Crippen LogP contribution in [-0.4, -0.2) is 12.7 Å². The van der Waals surface area contributed by atoms with E-state index in [4.69, 9.17) is 14.0 Å². The molecule has 0 spiro atoms. The minimum absolute atomic E-state index is 0.00903. The highest BCUT2D eigenvalue weighted by molar-refractivity contribution is 6.06. The lowest BCUT2D eigenvalue weighted by molar-refractivity contribution is 0.0968. The SMILES string of the molecule is CCOC(C)/C=C(/C)ON/C=C\C(=C/Cc1c(C)ccc2c1oc1ccccc12)c1ccccc1. The Hall–Kier alpha value is -3.76. The van der Waals surface area contributed by atoms with Crippen LogP contribution in [0, 0.1) is 6.92 Å². The van der Waals surface area contributed by atoms with Crippen molar-refractivity contribution in [3.05, 3.63) is 114 Å². The van der Waals surface area contributed by atoms with E-state index in [-0.39, 0.29) is 6.10 Å². The molecule has 0 saturated heterocycles. The fourth-order valence-electron chi connectivity index (χ4n) is 4.25. The van der Waals surface area contributed by atoms with E-state index in [1.165, 1.54) is 11.1 Å². The predicted molar refractivity (Wildman–Crippen MR) is 145 cm³/mol. The van der Waals surface area contributed by atoms with Gasteiger partial charge in [-0.2, -0.15) is 0 Å². The molecular formula is C31H33NO3. The maximum atomic E-state index is 6.28. The Kier molecular flexibility index (Phi) is 8.07. The summed E-state index contributed by atoms with van der Waals surface area (Å²) in [6.07, 6.45) is 8.79. The number of rotatable bonds is 10. The van der Waals surface area contributed by atoms with Gasteiger partial charge in [-0.3, -0.25) is 0 Å². The van der Waals surface area contributed by atoms with Gasteiger partial charge in [-0.1, -0.05) is 66.7 Å². The molecule has 1 unspecified atom stereocenters. The molecule has 0 bridgehead atoms. The first-order valence-electron chi connectivity index (χ1n) is 12.1. The number of aryl methyl sites for hydroxylation is 1. The summed E-state index contributed by atoms with van der Waals surface area (Å²) < 4.78 is 11.8. The maximum Gasteiger partial charge on any atom is 0.139 e. The van der Waals surface area contributed by atoms with Crippen LogP contribution in [0.3, 0.4) is 0 Å². The van der Waals surface area contributed by atoms with Crippen LogP contribution in [0.15, 0.2) is 101 Å². The Bertz CT molecular complexity index is 1360. The van der Waals surface area contributed by atoms with Gasteiger partial charge in [0.15, 0.2) is 0 Å². The van der Waals surface area contributed by atoms with E-state index in [0.717, 1.165) is 45.3 Å². The summed E-state index contributed by atoms with van der Waals surface area (Å²) in [4.78, 5) is 5.62. The molecule has 35 heavy (non-hydrogen) atoms. The number of fused-ring (bicyclic) bond motifs is 3. The lowest BCUT2D eigenvalue weighted by Gasteiger charge is -2.10. The standard InChI is InChI=1S/C31H33NO3/c1-5-33-23(3)21-24(4)35-32-20-19-26(25-11-7-6-8-12-25)16-18-27-22(2)15-17-29-28-13-9-10-14-30(28)34-31(27)29/h6-17,19-21,23,32H,5,18H2,1-4H3/b20-19-,24-21-,26-16+. The van der Waals surface area contributed by atoms with E-state index in [2.05, 4.69) is 54.9 Å². The third-order valence-electron chi connectivity index (χ3n) is 5.97. The van der Waals surface area contributed by atoms with E-state index in [1.807, 2.05) is 69.5 Å².